The van der Waals surface area contributed by atoms with Gasteiger partial charge in [0.05, 0.1) is 0 Å². The third-order valence-electron chi connectivity index (χ3n) is 2.84. The second-order valence-corrected chi connectivity index (χ2v) is 4.43. The second kappa shape index (κ2) is 5.12. The van der Waals surface area contributed by atoms with Gasteiger partial charge in [-0.3, -0.25) is 0 Å². The Hall–Kier alpha value is -1.35. The fourth-order valence-electron chi connectivity index (χ4n) is 1.84. The highest BCUT2D eigenvalue weighted by molar-refractivity contribution is 7.71. The first-order valence-electron chi connectivity index (χ1n) is 5.57. The van der Waals surface area contributed by atoms with Crippen LogP contribution in [0.5, 0.6) is 0 Å². The minimum atomic E-state index is 0.443. The average Bonchev–Trinajstić information content (AvgIpc) is 2.74. The maximum absolute atomic E-state index is 5.20. The molecule has 1 atom stereocenters. The van der Waals surface area contributed by atoms with E-state index in [2.05, 4.69) is 46.8 Å². The molecule has 1 aromatic heterocycles. The van der Waals surface area contributed by atoms with E-state index in [0.29, 0.717) is 6.04 Å². The first-order valence-corrected chi connectivity index (χ1v) is 5.97. The lowest BCUT2D eigenvalue weighted by Crippen LogP contribution is -2.05. The number of hydrogen-bond acceptors (Lipinski definition) is 1. The van der Waals surface area contributed by atoms with Crippen LogP contribution in [0.2, 0.25) is 0 Å². The van der Waals surface area contributed by atoms with Crippen LogP contribution in [0.25, 0.3) is 0 Å². The predicted octanol–water partition coefficient (Wildman–Crippen LogP) is 3.74. The highest BCUT2D eigenvalue weighted by Crippen LogP contribution is 2.14. The van der Waals surface area contributed by atoms with Gasteiger partial charge in [0.15, 0.2) is 4.77 Å². The quantitative estimate of drug-likeness (QED) is 0.796. The normalized spacial score (nSPS) is 12.6. The van der Waals surface area contributed by atoms with Crippen LogP contribution in [0.1, 0.15) is 24.9 Å². The lowest BCUT2D eigenvalue weighted by atomic mass is 10.1. The molecule has 2 aromatic rings. The van der Waals surface area contributed by atoms with Crippen molar-refractivity contribution >= 4 is 12.2 Å². The molecule has 0 aliphatic heterocycles. The zero-order chi connectivity index (χ0) is 11.4. The minimum Gasteiger partial charge on any atom is -0.337 e. The molecule has 0 bridgehead atoms. The summed E-state index contributed by atoms with van der Waals surface area (Å²) in [5.41, 5.74) is 1.39. The van der Waals surface area contributed by atoms with Crippen LogP contribution < -0.4 is 0 Å². The van der Waals surface area contributed by atoms with Gasteiger partial charge in [0.1, 0.15) is 0 Å². The van der Waals surface area contributed by atoms with Crippen molar-refractivity contribution in [3.8, 4) is 0 Å². The zero-order valence-electron chi connectivity index (χ0n) is 9.39. The van der Waals surface area contributed by atoms with Crippen LogP contribution >= 0.6 is 12.2 Å². The van der Waals surface area contributed by atoms with Crippen LogP contribution in [0, 0.1) is 4.77 Å². The molecule has 1 aromatic carbocycles. The van der Waals surface area contributed by atoms with Gasteiger partial charge in [-0.05, 0) is 37.5 Å². The first kappa shape index (κ1) is 11.1. The van der Waals surface area contributed by atoms with E-state index in [1.165, 1.54) is 5.56 Å². The zero-order valence-corrected chi connectivity index (χ0v) is 10.2. The Morgan fingerprint density at radius 3 is 2.69 bits per heavy atom. The van der Waals surface area contributed by atoms with Gasteiger partial charge in [-0.1, -0.05) is 30.3 Å². The summed E-state index contributed by atoms with van der Waals surface area (Å²) in [4.78, 5) is 3.03. The maximum Gasteiger partial charge on any atom is 0.177 e. The lowest BCUT2D eigenvalue weighted by Gasteiger charge is -2.12. The molecule has 1 N–H and O–H groups in total. The van der Waals surface area contributed by atoms with Gasteiger partial charge in [-0.25, -0.2) is 0 Å². The molecule has 0 unspecified atom stereocenters. The Kier molecular flexibility index (Phi) is 3.57. The van der Waals surface area contributed by atoms with Crippen LogP contribution in [0.3, 0.4) is 0 Å². The van der Waals surface area contributed by atoms with Crippen molar-refractivity contribution in [2.75, 3.05) is 0 Å². The van der Waals surface area contributed by atoms with E-state index in [9.17, 15) is 0 Å². The molecule has 0 aliphatic rings. The van der Waals surface area contributed by atoms with Crippen LogP contribution in [-0.2, 0) is 6.42 Å². The summed E-state index contributed by atoms with van der Waals surface area (Å²) in [7, 11) is 0. The highest BCUT2D eigenvalue weighted by atomic mass is 32.1. The number of benzene rings is 1. The monoisotopic (exact) mass is 232 g/mol. The number of aryl methyl sites for hydroxylation is 1. The standard InChI is InChI=1S/C13H16N2S/c1-11(15-10-9-14-13(15)16)7-8-12-5-3-2-4-6-12/h2-6,9-11H,7-8H2,1H3,(H,14,16)/t11-/m0/s1. The lowest BCUT2D eigenvalue weighted by molar-refractivity contribution is 0.501. The first-order chi connectivity index (χ1) is 7.77. The van der Waals surface area contributed by atoms with E-state index in [1.807, 2.05) is 12.4 Å². The Labute approximate surface area is 101 Å². The smallest absolute Gasteiger partial charge is 0.177 e. The fourth-order valence-corrected chi connectivity index (χ4v) is 2.15. The van der Waals surface area contributed by atoms with Crippen LogP contribution in [0.15, 0.2) is 42.7 Å². The molecular weight excluding hydrogens is 216 g/mol. The molecule has 3 heteroatoms. The Balaban J connectivity index is 1.97. The summed E-state index contributed by atoms with van der Waals surface area (Å²) in [5.74, 6) is 0. The summed E-state index contributed by atoms with van der Waals surface area (Å²) in [6.45, 7) is 2.20. The molecule has 84 valence electrons. The number of nitrogens with zero attached hydrogens (tertiary/aromatic N) is 1. The van der Waals surface area contributed by atoms with Gasteiger partial charge in [0, 0.05) is 18.4 Å². The summed E-state index contributed by atoms with van der Waals surface area (Å²) in [6, 6.07) is 11.0. The fraction of sp³-hybridized carbons (Fsp3) is 0.308. The van der Waals surface area contributed by atoms with E-state index in [4.69, 9.17) is 12.2 Å². The van der Waals surface area contributed by atoms with Crippen LogP contribution in [0.4, 0.5) is 0 Å². The molecule has 0 fully saturated rings. The van der Waals surface area contributed by atoms with Gasteiger partial charge < -0.3 is 9.55 Å². The van der Waals surface area contributed by atoms with Gasteiger partial charge in [-0.15, -0.1) is 0 Å². The third kappa shape index (κ3) is 2.61. The van der Waals surface area contributed by atoms with E-state index >= 15 is 0 Å². The van der Waals surface area contributed by atoms with Crippen molar-refractivity contribution in [1.82, 2.24) is 9.55 Å². The molecule has 1 heterocycles. The number of imidazole rings is 1. The van der Waals surface area contributed by atoms with E-state index in [0.717, 1.165) is 17.6 Å². The Morgan fingerprint density at radius 2 is 2.06 bits per heavy atom. The van der Waals surface area contributed by atoms with Gasteiger partial charge in [0.2, 0.25) is 0 Å². The molecule has 16 heavy (non-hydrogen) atoms. The van der Waals surface area contributed by atoms with E-state index in [-0.39, 0.29) is 0 Å². The molecule has 0 saturated heterocycles. The molecule has 0 spiro atoms. The Bertz CT molecular complexity index is 484. The van der Waals surface area contributed by atoms with Crippen molar-refractivity contribution in [3.05, 3.63) is 53.1 Å². The summed E-state index contributed by atoms with van der Waals surface area (Å²) in [5, 5.41) is 0. The largest absolute Gasteiger partial charge is 0.337 e. The number of hydrogen-bond donors (Lipinski definition) is 1. The van der Waals surface area contributed by atoms with Gasteiger partial charge in [0.25, 0.3) is 0 Å². The average molecular weight is 232 g/mol. The SMILES string of the molecule is C[C@@H](CCc1ccccc1)n1cc[nH]c1=S. The number of aromatic amines is 1. The van der Waals surface area contributed by atoms with Crippen molar-refractivity contribution in [1.29, 1.82) is 0 Å². The molecular formula is C13H16N2S. The molecule has 0 aliphatic carbocycles. The maximum atomic E-state index is 5.20. The summed E-state index contributed by atoms with van der Waals surface area (Å²) in [6.07, 6.45) is 6.10. The van der Waals surface area contributed by atoms with Crippen molar-refractivity contribution < 1.29 is 0 Å². The minimum absolute atomic E-state index is 0.443. The summed E-state index contributed by atoms with van der Waals surface area (Å²) < 4.78 is 2.92. The number of rotatable bonds is 4. The van der Waals surface area contributed by atoms with Crippen molar-refractivity contribution in [2.45, 2.75) is 25.8 Å². The molecule has 0 amide bonds. The van der Waals surface area contributed by atoms with Gasteiger partial charge in [-0.2, -0.15) is 0 Å². The third-order valence-corrected chi connectivity index (χ3v) is 3.17. The number of aromatic nitrogens is 2. The highest BCUT2D eigenvalue weighted by Gasteiger charge is 2.05. The molecule has 2 rings (SSSR count). The van der Waals surface area contributed by atoms with E-state index in [1.54, 1.807) is 0 Å². The second-order valence-electron chi connectivity index (χ2n) is 4.05. The molecule has 0 saturated carbocycles. The molecule has 2 nitrogen and oxygen atoms in total. The Morgan fingerprint density at radius 1 is 1.31 bits per heavy atom. The number of H-pyrrole nitrogens is 1. The van der Waals surface area contributed by atoms with Crippen molar-refractivity contribution in [2.24, 2.45) is 0 Å². The topological polar surface area (TPSA) is 20.7 Å². The van der Waals surface area contributed by atoms with Gasteiger partial charge >= 0.3 is 0 Å². The van der Waals surface area contributed by atoms with E-state index < -0.39 is 0 Å². The number of nitrogens with one attached hydrogen (secondary N) is 1. The predicted molar refractivity (Wildman–Crippen MR) is 69.1 cm³/mol. The summed E-state index contributed by atoms with van der Waals surface area (Å²) >= 11 is 5.20. The molecule has 0 radical (unpaired) electrons. The van der Waals surface area contributed by atoms with Crippen LogP contribution in [-0.4, -0.2) is 9.55 Å². The van der Waals surface area contributed by atoms with Crippen molar-refractivity contribution in [3.63, 3.8) is 0 Å².